The normalized spacial score (nSPS) is 22.2. The second kappa shape index (κ2) is 10.8. The number of allylic oxidation sites excluding steroid dienone is 2. The number of piperidine rings is 1. The first-order valence-corrected chi connectivity index (χ1v) is 12.6. The molecule has 190 valence electrons. The lowest BCUT2D eigenvalue weighted by Gasteiger charge is -2.37. The summed E-state index contributed by atoms with van der Waals surface area (Å²) >= 11 is 0. The molecule has 0 spiro atoms. The molecule has 2 aromatic rings. The Labute approximate surface area is 206 Å². The molecule has 2 atom stereocenters. The van der Waals surface area contributed by atoms with Crippen molar-refractivity contribution < 1.29 is 19.2 Å². The molecule has 35 heavy (non-hydrogen) atoms. The van der Waals surface area contributed by atoms with Gasteiger partial charge in [-0.2, -0.15) is 4.98 Å². The number of aromatic nitrogens is 3. The van der Waals surface area contributed by atoms with Gasteiger partial charge in [0, 0.05) is 25.6 Å². The summed E-state index contributed by atoms with van der Waals surface area (Å²) in [4.78, 5) is 23.4. The largest absolute Gasteiger partial charge is 0.492 e. The predicted molar refractivity (Wildman–Crippen MR) is 133 cm³/mol. The van der Waals surface area contributed by atoms with Crippen LogP contribution in [0.25, 0.3) is 5.57 Å². The van der Waals surface area contributed by atoms with E-state index in [2.05, 4.69) is 33.9 Å². The van der Waals surface area contributed by atoms with Crippen LogP contribution >= 0.6 is 0 Å². The minimum Gasteiger partial charge on any atom is -0.492 e. The van der Waals surface area contributed by atoms with Crippen LogP contribution in [0.3, 0.4) is 0 Å². The van der Waals surface area contributed by atoms with Crippen molar-refractivity contribution in [3.63, 3.8) is 0 Å². The van der Waals surface area contributed by atoms with Crippen LogP contribution in [0.5, 0.6) is 5.75 Å². The highest BCUT2D eigenvalue weighted by Gasteiger charge is 2.42. The van der Waals surface area contributed by atoms with Gasteiger partial charge in [-0.3, -0.25) is 9.78 Å². The zero-order valence-corrected chi connectivity index (χ0v) is 20.9. The lowest BCUT2D eigenvalue weighted by Crippen LogP contribution is -2.44. The highest BCUT2D eigenvalue weighted by atomic mass is 16.5. The van der Waals surface area contributed by atoms with Crippen molar-refractivity contribution in [1.29, 1.82) is 0 Å². The molecule has 0 aromatic carbocycles. The third kappa shape index (κ3) is 5.50. The average molecular weight is 484 g/mol. The molecule has 1 unspecified atom stereocenters. The third-order valence-corrected chi connectivity index (χ3v) is 7.64. The molecule has 9 nitrogen and oxygen atoms in total. The van der Waals surface area contributed by atoms with Gasteiger partial charge in [0.1, 0.15) is 5.75 Å². The molecule has 1 fully saturated rings. The van der Waals surface area contributed by atoms with Crippen molar-refractivity contribution in [2.24, 2.45) is 23.0 Å². The Kier molecular flexibility index (Phi) is 7.74. The molecule has 9 heteroatoms. The van der Waals surface area contributed by atoms with Crippen molar-refractivity contribution >= 4 is 17.5 Å². The number of carbonyl (C=O) groups excluding carboxylic acids is 1. The molecule has 1 aliphatic carbocycles. The summed E-state index contributed by atoms with van der Waals surface area (Å²) in [7, 11) is 0. The van der Waals surface area contributed by atoms with E-state index in [1.807, 2.05) is 25.1 Å². The Morgan fingerprint density at radius 2 is 2.09 bits per heavy atom. The SMILES string of the molecule is CC(C)c1noc(N2CCC(COc3ccc(C4=CCC(C(N)=O)([C@@H](C)CO)CC4)nc3)CC2)n1. The van der Waals surface area contributed by atoms with Crippen molar-refractivity contribution in [1.82, 2.24) is 15.1 Å². The van der Waals surface area contributed by atoms with E-state index in [4.69, 9.17) is 15.0 Å². The summed E-state index contributed by atoms with van der Waals surface area (Å²) in [6, 6.07) is 4.54. The van der Waals surface area contributed by atoms with Gasteiger partial charge in [0.25, 0.3) is 0 Å². The van der Waals surface area contributed by atoms with Gasteiger partial charge in [0.15, 0.2) is 5.82 Å². The number of amides is 1. The fourth-order valence-corrected chi connectivity index (χ4v) is 4.94. The van der Waals surface area contributed by atoms with Crippen LogP contribution in [0.15, 0.2) is 28.9 Å². The Morgan fingerprint density at radius 1 is 1.31 bits per heavy atom. The Morgan fingerprint density at radius 3 is 2.63 bits per heavy atom. The highest BCUT2D eigenvalue weighted by Crippen LogP contribution is 2.43. The summed E-state index contributed by atoms with van der Waals surface area (Å²) in [6.45, 7) is 8.34. The molecule has 0 radical (unpaired) electrons. The average Bonchev–Trinajstić information content (AvgIpc) is 3.38. The maximum absolute atomic E-state index is 12.1. The molecular formula is C26H37N5O4. The van der Waals surface area contributed by atoms with Crippen molar-refractivity contribution in [3.8, 4) is 5.75 Å². The number of hydrogen-bond donors (Lipinski definition) is 2. The Balaban J connectivity index is 1.27. The lowest BCUT2D eigenvalue weighted by molar-refractivity contribution is -0.132. The first-order chi connectivity index (χ1) is 16.8. The number of primary amides is 1. The number of nitrogens with two attached hydrogens (primary N) is 1. The molecule has 1 amide bonds. The topological polar surface area (TPSA) is 128 Å². The quantitative estimate of drug-likeness (QED) is 0.554. The summed E-state index contributed by atoms with van der Waals surface area (Å²) < 4.78 is 11.5. The smallest absolute Gasteiger partial charge is 0.324 e. The Bertz CT molecular complexity index is 1030. The summed E-state index contributed by atoms with van der Waals surface area (Å²) in [5, 5.41) is 13.6. The van der Waals surface area contributed by atoms with Gasteiger partial charge in [-0.15, -0.1) is 0 Å². The number of nitrogens with zero attached hydrogens (tertiary/aromatic N) is 4. The number of pyridine rings is 1. The van der Waals surface area contributed by atoms with E-state index in [0.717, 1.165) is 48.8 Å². The van der Waals surface area contributed by atoms with Crippen LogP contribution in [0.4, 0.5) is 6.01 Å². The summed E-state index contributed by atoms with van der Waals surface area (Å²) in [5.41, 5.74) is 7.01. The number of aliphatic hydroxyl groups is 1. The second-order valence-corrected chi connectivity index (χ2v) is 10.2. The molecule has 0 saturated carbocycles. The number of rotatable bonds is 9. The van der Waals surface area contributed by atoms with E-state index in [1.54, 1.807) is 6.20 Å². The minimum atomic E-state index is -0.683. The zero-order valence-electron chi connectivity index (χ0n) is 20.9. The fourth-order valence-electron chi connectivity index (χ4n) is 4.94. The minimum absolute atomic E-state index is 0.0502. The molecule has 3 heterocycles. The summed E-state index contributed by atoms with van der Waals surface area (Å²) in [5.74, 6) is 1.72. The standard InChI is InChI=1S/C26H37N5O4/c1-17(2)23-29-25(35-30-23)31-12-8-19(9-13-31)16-34-21-4-5-22(28-14-21)20-6-10-26(11-7-20,24(27)33)18(3)15-32/h4-6,14,17-19,32H,7-13,15-16H2,1-3H3,(H2,27,33)/t18-,26?/m0/s1. The third-order valence-electron chi connectivity index (χ3n) is 7.64. The van der Waals surface area contributed by atoms with Crippen molar-refractivity contribution in [3.05, 3.63) is 35.9 Å². The number of ether oxygens (including phenoxy) is 1. The first-order valence-electron chi connectivity index (χ1n) is 12.6. The Hall–Kier alpha value is -2.94. The van der Waals surface area contributed by atoms with E-state index >= 15 is 0 Å². The van der Waals surface area contributed by atoms with Crippen LogP contribution < -0.4 is 15.4 Å². The van der Waals surface area contributed by atoms with Gasteiger partial charge in [-0.1, -0.05) is 32.0 Å². The molecule has 1 saturated heterocycles. The fraction of sp³-hybridized carbons (Fsp3) is 0.615. The zero-order chi connectivity index (χ0) is 25.0. The van der Waals surface area contributed by atoms with E-state index in [1.165, 1.54) is 0 Å². The molecule has 4 rings (SSSR count). The number of anilines is 1. The molecule has 2 aliphatic rings. The molecule has 1 aliphatic heterocycles. The van der Waals surface area contributed by atoms with Crippen LogP contribution in [0.2, 0.25) is 0 Å². The number of hydrogen-bond acceptors (Lipinski definition) is 8. The number of carbonyl (C=O) groups is 1. The molecule has 2 aromatic heterocycles. The van der Waals surface area contributed by atoms with Gasteiger partial charge in [0.2, 0.25) is 5.91 Å². The van der Waals surface area contributed by atoms with Crippen LogP contribution in [-0.2, 0) is 4.79 Å². The highest BCUT2D eigenvalue weighted by molar-refractivity contribution is 5.83. The first kappa shape index (κ1) is 25.2. The van der Waals surface area contributed by atoms with Gasteiger partial charge >= 0.3 is 6.01 Å². The van der Waals surface area contributed by atoms with Gasteiger partial charge in [-0.05, 0) is 61.6 Å². The van der Waals surface area contributed by atoms with Crippen LogP contribution in [0, 0.1) is 17.3 Å². The molecule has 3 N–H and O–H groups in total. The summed E-state index contributed by atoms with van der Waals surface area (Å²) in [6.07, 6.45) is 7.68. The van der Waals surface area contributed by atoms with Crippen LogP contribution in [-0.4, -0.2) is 52.4 Å². The monoisotopic (exact) mass is 483 g/mol. The van der Waals surface area contributed by atoms with Crippen molar-refractivity contribution in [2.75, 3.05) is 31.2 Å². The molecular weight excluding hydrogens is 446 g/mol. The van der Waals surface area contributed by atoms with E-state index < -0.39 is 5.41 Å². The van der Waals surface area contributed by atoms with E-state index in [9.17, 15) is 9.90 Å². The number of aliphatic hydroxyl groups excluding tert-OH is 1. The van der Waals surface area contributed by atoms with E-state index in [0.29, 0.717) is 37.8 Å². The maximum Gasteiger partial charge on any atom is 0.324 e. The van der Waals surface area contributed by atoms with Crippen molar-refractivity contribution in [2.45, 2.75) is 58.8 Å². The maximum atomic E-state index is 12.1. The molecule has 0 bridgehead atoms. The van der Waals surface area contributed by atoms with Crippen LogP contribution in [0.1, 0.15) is 70.3 Å². The van der Waals surface area contributed by atoms with Gasteiger partial charge in [-0.25, -0.2) is 0 Å². The lowest BCUT2D eigenvalue weighted by atomic mass is 9.66. The predicted octanol–water partition coefficient (Wildman–Crippen LogP) is 3.55. The van der Waals surface area contributed by atoms with Gasteiger partial charge in [0.05, 0.1) is 23.9 Å². The van der Waals surface area contributed by atoms with Gasteiger partial charge < -0.3 is 25.0 Å². The second-order valence-electron chi connectivity index (χ2n) is 10.2. The van der Waals surface area contributed by atoms with E-state index in [-0.39, 0.29) is 24.3 Å².